The van der Waals surface area contributed by atoms with E-state index >= 15 is 0 Å². The average Bonchev–Trinajstić information content (AvgIpc) is 3.50. The van der Waals surface area contributed by atoms with E-state index in [4.69, 9.17) is 47.5 Å². The van der Waals surface area contributed by atoms with Crippen molar-refractivity contribution in [3.05, 3.63) is 64.4 Å². The van der Waals surface area contributed by atoms with Crippen LogP contribution in [0.1, 0.15) is 31.7 Å². The number of ether oxygens (including phenoxy) is 3. The van der Waals surface area contributed by atoms with E-state index in [1.54, 1.807) is 6.07 Å². The van der Waals surface area contributed by atoms with E-state index in [2.05, 4.69) is 16.9 Å². The van der Waals surface area contributed by atoms with Crippen LogP contribution in [-0.2, 0) is 16.1 Å². The molecular formula is C27H26Cl2N4O5. The van der Waals surface area contributed by atoms with E-state index in [1.807, 2.05) is 41.0 Å². The molecule has 0 radical (unpaired) electrons. The minimum absolute atomic E-state index is 0.238. The third kappa shape index (κ3) is 6.01. The molecule has 5 rings (SSSR count). The fourth-order valence-corrected chi connectivity index (χ4v) is 4.45. The number of carboxylic acid groups (broad SMARTS) is 1. The van der Waals surface area contributed by atoms with Crippen molar-refractivity contribution >= 4 is 40.3 Å². The van der Waals surface area contributed by atoms with Crippen molar-refractivity contribution < 1.29 is 24.1 Å². The number of fused-ring (bicyclic) bond motifs is 1. The summed E-state index contributed by atoms with van der Waals surface area (Å²) in [5, 5.41) is 9.70. The van der Waals surface area contributed by atoms with Crippen molar-refractivity contribution in [2.45, 2.75) is 38.3 Å². The smallest absolute Gasteiger partial charge is 0.329 e. The molecule has 1 aliphatic rings. The highest BCUT2D eigenvalue weighted by Gasteiger charge is 2.41. The molecule has 0 unspecified atom stereocenters. The standard InChI is InChI=1S/C27H26Cl2N4O5/c1-27(9-10-27)38-26-23-25(30-16-31-26)33(14-17-5-2-6-18(28)13-17)24(32-23)19-7-3-8-20(22(19)29)37-12-4-11-36-15-21(34)35/h2-3,5-8,13,16H,4,9-12,14-15H2,1H3,(H,34,35). The lowest BCUT2D eigenvalue weighted by molar-refractivity contribution is -0.142. The molecule has 38 heavy (non-hydrogen) atoms. The van der Waals surface area contributed by atoms with Crippen molar-refractivity contribution in [3.63, 3.8) is 0 Å². The van der Waals surface area contributed by atoms with Crippen LogP contribution in [0.4, 0.5) is 0 Å². The first-order valence-electron chi connectivity index (χ1n) is 12.2. The predicted molar refractivity (Wildman–Crippen MR) is 143 cm³/mol. The highest BCUT2D eigenvalue weighted by Crippen LogP contribution is 2.42. The minimum Gasteiger partial charge on any atom is -0.492 e. The van der Waals surface area contributed by atoms with Crippen LogP contribution in [-0.4, -0.2) is 56.0 Å². The Kier molecular flexibility index (Phi) is 7.69. The molecule has 198 valence electrons. The van der Waals surface area contributed by atoms with Gasteiger partial charge in [0.25, 0.3) is 0 Å². The van der Waals surface area contributed by atoms with Gasteiger partial charge in [-0.2, -0.15) is 4.98 Å². The summed E-state index contributed by atoms with van der Waals surface area (Å²) >= 11 is 13.1. The molecule has 1 N–H and O–H groups in total. The number of hydrogen-bond acceptors (Lipinski definition) is 7. The molecule has 0 atom stereocenters. The number of aromatic nitrogens is 4. The van der Waals surface area contributed by atoms with Crippen molar-refractivity contribution in [1.82, 2.24) is 19.5 Å². The Hall–Kier alpha value is -3.40. The van der Waals surface area contributed by atoms with Crippen LogP contribution in [0.15, 0.2) is 48.8 Å². The fourth-order valence-electron chi connectivity index (χ4n) is 3.97. The Labute approximate surface area is 229 Å². The second-order valence-electron chi connectivity index (χ2n) is 9.32. The monoisotopic (exact) mass is 556 g/mol. The zero-order chi connectivity index (χ0) is 26.7. The van der Waals surface area contributed by atoms with Crippen LogP contribution in [0.3, 0.4) is 0 Å². The molecule has 0 saturated heterocycles. The molecule has 11 heteroatoms. The van der Waals surface area contributed by atoms with Crippen LogP contribution in [0.2, 0.25) is 10.0 Å². The minimum atomic E-state index is -1.01. The number of nitrogens with zero attached hydrogens (tertiary/aromatic N) is 4. The lowest BCUT2D eigenvalue weighted by Gasteiger charge is -2.13. The molecule has 1 fully saturated rings. The summed E-state index contributed by atoms with van der Waals surface area (Å²) < 4.78 is 19.1. The van der Waals surface area contributed by atoms with Crippen LogP contribution >= 0.6 is 23.2 Å². The molecule has 2 aromatic carbocycles. The van der Waals surface area contributed by atoms with Gasteiger partial charge >= 0.3 is 5.97 Å². The van der Waals surface area contributed by atoms with Crippen molar-refractivity contribution in [3.8, 4) is 23.0 Å². The Bertz CT molecular complexity index is 1470. The van der Waals surface area contributed by atoms with Gasteiger partial charge in [0.15, 0.2) is 11.2 Å². The van der Waals surface area contributed by atoms with Crippen LogP contribution in [0, 0.1) is 0 Å². The zero-order valence-corrected chi connectivity index (χ0v) is 22.2. The first-order valence-corrected chi connectivity index (χ1v) is 12.9. The Morgan fingerprint density at radius 2 is 1.95 bits per heavy atom. The molecule has 0 bridgehead atoms. The fraction of sp³-hybridized carbons (Fsp3) is 0.333. The van der Waals surface area contributed by atoms with E-state index in [1.165, 1.54) is 6.33 Å². The summed E-state index contributed by atoms with van der Waals surface area (Å²) in [6, 6.07) is 13.1. The molecule has 2 aromatic heterocycles. The first-order chi connectivity index (χ1) is 18.3. The quantitative estimate of drug-likeness (QED) is 0.223. The maximum Gasteiger partial charge on any atom is 0.329 e. The van der Waals surface area contributed by atoms with Gasteiger partial charge in [-0.3, -0.25) is 0 Å². The summed E-state index contributed by atoms with van der Waals surface area (Å²) in [5.74, 6) is 0.501. The predicted octanol–water partition coefficient (Wildman–Crippen LogP) is 5.65. The molecule has 1 saturated carbocycles. The Balaban J connectivity index is 1.49. The molecule has 1 aliphatic carbocycles. The van der Waals surface area contributed by atoms with Gasteiger partial charge in [-0.25, -0.2) is 14.8 Å². The average molecular weight is 557 g/mol. The SMILES string of the molecule is CC1(Oc2ncnc3c2nc(-c2cccc(OCCCOCC(=O)O)c2Cl)n3Cc2cccc(Cl)c2)CC1. The summed E-state index contributed by atoms with van der Waals surface area (Å²) in [4.78, 5) is 24.4. The number of benzene rings is 2. The van der Waals surface area contributed by atoms with Gasteiger partial charge in [0.2, 0.25) is 5.88 Å². The zero-order valence-electron chi connectivity index (χ0n) is 20.7. The van der Waals surface area contributed by atoms with E-state index < -0.39 is 5.97 Å². The van der Waals surface area contributed by atoms with Gasteiger partial charge in [0.1, 0.15) is 30.1 Å². The molecule has 0 aliphatic heterocycles. The topological polar surface area (TPSA) is 109 Å². The number of rotatable bonds is 12. The van der Waals surface area contributed by atoms with E-state index in [-0.39, 0.29) is 18.8 Å². The molecule has 4 aromatic rings. The van der Waals surface area contributed by atoms with Crippen molar-refractivity contribution in [2.75, 3.05) is 19.8 Å². The summed E-state index contributed by atoms with van der Waals surface area (Å²) in [7, 11) is 0. The maximum atomic E-state index is 10.6. The molecule has 9 nitrogen and oxygen atoms in total. The van der Waals surface area contributed by atoms with Gasteiger partial charge in [-0.05, 0) is 49.6 Å². The summed E-state index contributed by atoms with van der Waals surface area (Å²) in [6.45, 7) is 2.73. The number of carbonyl (C=O) groups is 1. The van der Waals surface area contributed by atoms with E-state index in [0.29, 0.717) is 63.8 Å². The molecular weight excluding hydrogens is 531 g/mol. The van der Waals surface area contributed by atoms with Crippen molar-refractivity contribution in [1.29, 1.82) is 0 Å². The highest BCUT2D eigenvalue weighted by atomic mass is 35.5. The van der Waals surface area contributed by atoms with E-state index in [0.717, 1.165) is 18.4 Å². The van der Waals surface area contributed by atoms with Crippen LogP contribution < -0.4 is 9.47 Å². The maximum absolute atomic E-state index is 10.6. The molecule has 0 spiro atoms. The lowest BCUT2D eigenvalue weighted by Crippen LogP contribution is -2.13. The second kappa shape index (κ2) is 11.1. The first kappa shape index (κ1) is 26.2. The van der Waals surface area contributed by atoms with Gasteiger partial charge in [-0.1, -0.05) is 41.4 Å². The van der Waals surface area contributed by atoms with Gasteiger partial charge in [-0.15, -0.1) is 0 Å². The van der Waals surface area contributed by atoms with Gasteiger partial charge in [0, 0.05) is 17.0 Å². The van der Waals surface area contributed by atoms with Crippen LogP contribution in [0.5, 0.6) is 11.6 Å². The number of imidazole rings is 1. The summed E-state index contributed by atoms with van der Waals surface area (Å²) in [6.07, 6.45) is 3.91. The number of aliphatic carboxylic acids is 1. The number of hydrogen-bond donors (Lipinski definition) is 1. The Morgan fingerprint density at radius 3 is 2.71 bits per heavy atom. The number of carboxylic acids is 1. The molecule has 2 heterocycles. The van der Waals surface area contributed by atoms with Crippen molar-refractivity contribution in [2.24, 2.45) is 0 Å². The van der Waals surface area contributed by atoms with Crippen LogP contribution in [0.25, 0.3) is 22.6 Å². The van der Waals surface area contributed by atoms with E-state index in [9.17, 15) is 4.79 Å². The second-order valence-corrected chi connectivity index (χ2v) is 10.1. The lowest BCUT2D eigenvalue weighted by atomic mass is 10.2. The summed E-state index contributed by atoms with van der Waals surface area (Å²) in [5.41, 5.74) is 2.56. The molecule has 0 amide bonds. The normalized spacial score (nSPS) is 14.0. The Morgan fingerprint density at radius 1 is 1.13 bits per heavy atom. The highest BCUT2D eigenvalue weighted by molar-refractivity contribution is 6.34. The van der Waals surface area contributed by atoms with Gasteiger partial charge < -0.3 is 23.9 Å². The largest absolute Gasteiger partial charge is 0.492 e. The third-order valence-corrected chi connectivity index (χ3v) is 6.77. The van der Waals surface area contributed by atoms with Gasteiger partial charge in [0.05, 0.1) is 24.8 Å². The third-order valence-electron chi connectivity index (χ3n) is 6.15. The number of halogens is 2.